The van der Waals surface area contributed by atoms with Crippen LogP contribution < -0.4 is 5.73 Å². The topological polar surface area (TPSA) is 142 Å². The highest BCUT2D eigenvalue weighted by atomic mass is 31.2. The lowest BCUT2D eigenvalue weighted by molar-refractivity contribution is -0.0663. The van der Waals surface area contributed by atoms with E-state index < -0.39 is 32.4 Å². The number of nitrogens with zero attached hydrogens (tertiary/aromatic N) is 3. The standard InChI is InChI=1S/C11H13N4O6P/c12-9-5-1-2-15(10(5)14-4-13-9)11-7(16)8-6(20-11)3-19-22(17,18)21-8/h1-2,4,6-8,11,16H,3H2,(H,17,18)(H2,12,13,14)/t6-,7-,8-,11+/m0/s1. The fourth-order valence-electron chi connectivity index (χ4n) is 2.76. The zero-order chi connectivity index (χ0) is 15.5. The maximum atomic E-state index is 11.5. The Balaban J connectivity index is 1.71. The molecule has 2 aromatic heterocycles. The van der Waals surface area contributed by atoms with Crippen LogP contribution in [0.4, 0.5) is 5.82 Å². The molecule has 2 aromatic rings. The third kappa shape index (κ3) is 2.04. The van der Waals surface area contributed by atoms with Crippen molar-refractivity contribution in [2.45, 2.75) is 24.5 Å². The smallest absolute Gasteiger partial charge is 0.386 e. The number of phosphoric acid groups is 1. The Morgan fingerprint density at radius 1 is 1.45 bits per heavy atom. The molecule has 2 aliphatic heterocycles. The Bertz CT molecular complexity index is 781. The zero-order valence-electron chi connectivity index (χ0n) is 11.1. The fourth-order valence-corrected chi connectivity index (χ4v) is 3.73. The van der Waals surface area contributed by atoms with Gasteiger partial charge in [0, 0.05) is 6.20 Å². The number of aliphatic hydroxyl groups is 1. The number of aromatic nitrogens is 3. The summed E-state index contributed by atoms with van der Waals surface area (Å²) in [6.07, 6.45) is -0.619. The predicted octanol–water partition coefficient (Wildman–Crippen LogP) is -0.212. The first-order valence-corrected chi connectivity index (χ1v) is 8.02. The van der Waals surface area contributed by atoms with E-state index in [0.29, 0.717) is 16.9 Å². The summed E-state index contributed by atoms with van der Waals surface area (Å²) in [4.78, 5) is 17.4. The van der Waals surface area contributed by atoms with Gasteiger partial charge in [-0.3, -0.25) is 9.05 Å². The first-order valence-electron chi connectivity index (χ1n) is 6.52. The van der Waals surface area contributed by atoms with Gasteiger partial charge in [0.05, 0.1) is 12.0 Å². The molecule has 1 unspecified atom stereocenters. The molecule has 22 heavy (non-hydrogen) atoms. The van der Waals surface area contributed by atoms with Gasteiger partial charge in [-0.05, 0) is 6.07 Å². The Morgan fingerprint density at radius 3 is 3.09 bits per heavy atom. The minimum atomic E-state index is -4.15. The summed E-state index contributed by atoms with van der Waals surface area (Å²) in [5, 5.41) is 11.0. The van der Waals surface area contributed by atoms with Crippen LogP contribution in [0.5, 0.6) is 0 Å². The van der Waals surface area contributed by atoms with Crippen LogP contribution in [-0.2, 0) is 18.3 Å². The first kappa shape index (κ1) is 14.1. The molecule has 4 rings (SSSR count). The van der Waals surface area contributed by atoms with Gasteiger partial charge < -0.3 is 25.0 Å². The molecule has 0 aromatic carbocycles. The van der Waals surface area contributed by atoms with Crippen molar-refractivity contribution in [2.75, 3.05) is 12.3 Å². The van der Waals surface area contributed by atoms with Crippen LogP contribution in [0.15, 0.2) is 18.6 Å². The molecule has 0 aliphatic carbocycles. The molecule has 118 valence electrons. The summed E-state index contributed by atoms with van der Waals surface area (Å²) in [6.45, 7) is -0.137. The molecule has 0 saturated carbocycles. The lowest BCUT2D eigenvalue weighted by Crippen LogP contribution is -2.39. The Morgan fingerprint density at radius 2 is 2.27 bits per heavy atom. The van der Waals surface area contributed by atoms with Crippen LogP contribution in [0.3, 0.4) is 0 Å². The third-order valence-electron chi connectivity index (χ3n) is 3.78. The van der Waals surface area contributed by atoms with E-state index in [4.69, 9.17) is 19.5 Å². The normalized spacial score (nSPS) is 38.3. The number of hydrogen-bond donors (Lipinski definition) is 3. The molecular formula is C11H13N4O6P. The van der Waals surface area contributed by atoms with Crippen LogP contribution in [0.25, 0.3) is 11.0 Å². The van der Waals surface area contributed by atoms with Crippen molar-refractivity contribution in [1.29, 1.82) is 0 Å². The van der Waals surface area contributed by atoms with Crippen LogP contribution in [0.1, 0.15) is 6.23 Å². The number of ether oxygens (including phenoxy) is 1. The van der Waals surface area contributed by atoms with E-state index in [2.05, 4.69) is 9.97 Å². The molecule has 0 bridgehead atoms. The van der Waals surface area contributed by atoms with E-state index in [-0.39, 0.29) is 6.61 Å². The number of anilines is 1. The quantitative estimate of drug-likeness (QED) is 0.606. The van der Waals surface area contributed by atoms with Gasteiger partial charge in [0.1, 0.15) is 36.1 Å². The van der Waals surface area contributed by atoms with Crippen LogP contribution in [0, 0.1) is 0 Å². The van der Waals surface area contributed by atoms with Crippen molar-refractivity contribution in [3.8, 4) is 0 Å². The number of fused-ring (bicyclic) bond motifs is 2. The third-order valence-corrected chi connectivity index (χ3v) is 4.77. The van der Waals surface area contributed by atoms with Gasteiger partial charge in [-0.25, -0.2) is 14.5 Å². The average molecular weight is 328 g/mol. The van der Waals surface area contributed by atoms with Gasteiger partial charge in [-0.2, -0.15) is 0 Å². The summed E-state index contributed by atoms with van der Waals surface area (Å²) >= 11 is 0. The van der Waals surface area contributed by atoms with E-state index in [1.807, 2.05) is 0 Å². The molecule has 2 aliphatic rings. The van der Waals surface area contributed by atoms with E-state index in [0.717, 1.165) is 0 Å². The number of phosphoric ester groups is 1. The Hall–Kier alpha value is -1.55. The van der Waals surface area contributed by atoms with Gasteiger partial charge >= 0.3 is 7.82 Å². The largest absolute Gasteiger partial charge is 0.472 e. The van der Waals surface area contributed by atoms with E-state index in [1.165, 1.54) is 6.33 Å². The molecule has 5 atom stereocenters. The minimum Gasteiger partial charge on any atom is -0.386 e. The van der Waals surface area contributed by atoms with Gasteiger partial charge in [0.15, 0.2) is 6.23 Å². The first-order chi connectivity index (χ1) is 10.5. The predicted molar refractivity (Wildman–Crippen MR) is 72.5 cm³/mol. The van der Waals surface area contributed by atoms with Crippen LogP contribution >= 0.6 is 7.82 Å². The van der Waals surface area contributed by atoms with Crippen molar-refractivity contribution >= 4 is 24.7 Å². The molecule has 4 N–H and O–H groups in total. The second kappa shape index (κ2) is 4.72. The zero-order valence-corrected chi connectivity index (χ0v) is 12.0. The van der Waals surface area contributed by atoms with Crippen molar-refractivity contribution in [1.82, 2.24) is 14.5 Å². The van der Waals surface area contributed by atoms with Gasteiger partial charge in [0.25, 0.3) is 0 Å². The monoisotopic (exact) mass is 328 g/mol. The summed E-state index contributed by atoms with van der Waals surface area (Å²) in [5.41, 5.74) is 6.26. The van der Waals surface area contributed by atoms with Crippen molar-refractivity contribution in [2.24, 2.45) is 0 Å². The van der Waals surface area contributed by atoms with Crippen LogP contribution in [0.2, 0.25) is 0 Å². The van der Waals surface area contributed by atoms with Crippen molar-refractivity contribution in [3.63, 3.8) is 0 Å². The molecule has 0 spiro atoms. The average Bonchev–Trinajstić information content (AvgIpc) is 3.01. The molecule has 4 heterocycles. The van der Waals surface area contributed by atoms with Crippen molar-refractivity contribution in [3.05, 3.63) is 18.6 Å². The lowest BCUT2D eigenvalue weighted by Gasteiger charge is -2.27. The second-order valence-electron chi connectivity index (χ2n) is 5.11. The van der Waals surface area contributed by atoms with Gasteiger partial charge in [-0.15, -0.1) is 0 Å². The highest BCUT2D eigenvalue weighted by Crippen LogP contribution is 2.52. The number of aliphatic hydroxyl groups excluding tert-OH is 1. The van der Waals surface area contributed by atoms with Crippen LogP contribution in [-0.4, -0.2) is 49.5 Å². The minimum absolute atomic E-state index is 0.137. The SMILES string of the molecule is Nc1ncnc2c1ccn2[C@@H]1O[C@H]2COP(=O)(O)O[C@@H]2[C@@H]1O. The van der Waals surface area contributed by atoms with E-state index >= 15 is 0 Å². The molecular weight excluding hydrogens is 315 g/mol. The maximum absolute atomic E-state index is 11.5. The summed E-state index contributed by atoms with van der Waals surface area (Å²) in [7, 11) is -4.15. The summed E-state index contributed by atoms with van der Waals surface area (Å²) in [6, 6.07) is 1.71. The number of nitrogens with two attached hydrogens (primary N) is 1. The van der Waals surface area contributed by atoms with E-state index in [1.54, 1.807) is 16.8 Å². The molecule has 10 nitrogen and oxygen atoms in total. The number of rotatable bonds is 1. The fraction of sp³-hybridized carbons (Fsp3) is 0.455. The molecule has 0 radical (unpaired) electrons. The highest BCUT2D eigenvalue weighted by molar-refractivity contribution is 7.47. The van der Waals surface area contributed by atoms with Gasteiger partial charge in [0.2, 0.25) is 0 Å². The molecule has 2 saturated heterocycles. The maximum Gasteiger partial charge on any atom is 0.472 e. The molecule has 11 heteroatoms. The Kier molecular flexibility index (Phi) is 3.02. The van der Waals surface area contributed by atoms with Gasteiger partial charge in [-0.1, -0.05) is 0 Å². The summed E-state index contributed by atoms with van der Waals surface area (Å²) in [5.74, 6) is 0.313. The van der Waals surface area contributed by atoms with E-state index in [9.17, 15) is 14.6 Å². The number of hydrogen-bond acceptors (Lipinski definition) is 8. The Labute approximate surface area is 124 Å². The highest BCUT2D eigenvalue weighted by Gasteiger charge is 2.52. The lowest BCUT2D eigenvalue weighted by atomic mass is 10.1. The van der Waals surface area contributed by atoms with Crippen molar-refractivity contribution < 1.29 is 28.3 Å². The second-order valence-corrected chi connectivity index (χ2v) is 6.52. The number of nitrogen functional groups attached to an aromatic ring is 1. The molecule has 2 fully saturated rings. The summed E-state index contributed by atoms with van der Waals surface area (Å²) < 4.78 is 28.4. The molecule has 0 amide bonds.